The van der Waals surface area contributed by atoms with Gasteiger partial charge in [-0.05, 0) is 31.9 Å². The Morgan fingerprint density at radius 2 is 2.14 bits per heavy atom. The van der Waals surface area contributed by atoms with Crippen LogP contribution in [0.1, 0.15) is 43.5 Å². The van der Waals surface area contributed by atoms with Crippen LogP contribution in [0.3, 0.4) is 0 Å². The van der Waals surface area contributed by atoms with Gasteiger partial charge in [-0.15, -0.1) is 0 Å². The molecule has 1 amide bonds. The highest BCUT2D eigenvalue weighted by Crippen LogP contribution is 2.23. The van der Waals surface area contributed by atoms with E-state index >= 15 is 0 Å². The number of nitrogens with one attached hydrogen (secondary N) is 1. The van der Waals surface area contributed by atoms with Crippen LogP contribution in [-0.4, -0.2) is 16.0 Å². The maximum atomic E-state index is 12.1. The fourth-order valence-corrected chi connectivity index (χ4v) is 2.90. The first-order chi connectivity index (χ1) is 10.7. The summed E-state index contributed by atoms with van der Waals surface area (Å²) < 4.78 is 5.27. The second kappa shape index (κ2) is 6.73. The van der Waals surface area contributed by atoms with E-state index in [1.165, 1.54) is 6.42 Å². The van der Waals surface area contributed by atoms with Crippen LogP contribution >= 0.6 is 0 Å². The molecule has 1 saturated carbocycles. The van der Waals surface area contributed by atoms with E-state index in [4.69, 9.17) is 4.52 Å². The first-order valence-corrected chi connectivity index (χ1v) is 7.90. The smallest absolute Gasteiger partial charge is 0.257 e. The molecule has 1 aliphatic rings. The summed E-state index contributed by atoms with van der Waals surface area (Å²) in [5.41, 5.74) is 2.04. The first kappa shape index (κ1) is 14.8. The number of carbonyl (C=O) groups is 1. The fraction of sp³-hybridized carbons (Fsp3) is 0.471. The third-order valence-electron chi connectivity index (χ3n) is 4.13. The van der Waals surface area contributed by atoms with Crippen molar-refractivity contribution in [1.29, 1.82) is 0 Å². The molecule has 5 heteroatoms. The van der Waals surface area contributed by atoms with Crippen molar-refractivity contribution in [2.24, 2.45) is 5.92 Å². The van der Waals surface area contributed by atoms with E-state index in [1.807, 2.05) is 31.2 Å². The van der Waals surface area contributed by atoms with Gasteiger partial charge in [0, 0.05) is 11.5 Å². The lowest BCUT2D eigenvalue weighted by Crippen LogP contribution is -2.31. The van der Waals surface area contributed by atoms with Crippen molar-refractivity contribution in [2.45, 2.75) is 45.6 Å². The zero-order chi connectivity index (χ0) is 15.4. The van der Waals surface area contributed by atoms with Crippen LogP contribution in [0.5, 0.6) is 0 Å². The van der Waals surface area contributed by atoms with Crippen molar-refractivity contribution in [1.82, 2.24) is 15.5 Å². The van der Waals surface area contributed by atoms with Gasteiger partial charge in [-0.3, -0.25) is 4.79 Å². The number of amides is 1. The molecule has 0 saturated heterocycles. The van der Waals surface area contributed by atoms with Gasteiger partial charge in [0.05, 0.1) is 6.54 Å². The van der Waals surface area contributed by atoms with Crippen molar-refractivity contribution < 1.29 is 9.32 Å². The molecule has 0 bridgehead atoms. The van der Waals surface area contributed by atoms with E-state index in [9.17, 15) is 4.79 Å². The predicted octanol–water partition coefficient (Wildman–Crippen LogP) is 3.24. The Labute approximate surface area is 130 Å². The minimum absolute atomic E-state index is 0.113. The third kappa shape index (κ3) is 3.53. The molecule has 0 unspecified atom stereocenters. The Balaban J connectivity index is 1.59. The predicted molar refractivity (Wildman–Crippen MR) is 82.9 cm³/mol. The monoisotopic (exact) mass is 299 g/mol. The lowest BCUT2D eigenvalue weighted by atomic mass is 9.89. The summed E-state index contributed by atoms with van der Waals surface area (Å²) in [7, 11) is 0. The molecule has 0 spiro atoms. The topological polar surface area (TPSA) is 68.0 Å². The summed E-state index contributed by atoms with van der Waals surface area (Å²) in [5, 5.41) is 6.86. The Bertz CT molecular complexity index is 645. The second-order valence-electron chi connectivity index (χ2n) is 5.94. The summed E-state index contributed by atoms with van der Waals surface area (Å²) in [6.45, 7) is 2.34. The normalized spacial score (nSPS) is 15.7. The molecular formula is C17H21N3O2. The summed E-state index contributed by atoms with van der Waals surface area (Å²) in [5.74, 6) is 1.27. The number of hydrogen-bond acceptors (Lipinski definition) is 4. The van der Waals surface area contributed by atoms with Gasteiger partial charge in [0.2, 0.25) is 5.91 Å². The van der Waals surface area contributed by atoms with Crippen molar-refractivity contribution in [3.05, 3.63) is 35.7 Å². The standard InChI is InChI=1S/C17H21N3O2/c1-12-6-5-9-14(10-12)17-19-15(20-22-17)11-18-16(21)13-7-3-2-4-8-13/h5-6,9-10,13H,2-4,7-8,11H2,1H3,(H,18,21). The molecule has 22 heavy (non-hydrogen) atoms. The van der Waals surface area contributed by atoms with E-state index in [0.29, 0.717) is 18.3 Å². The molecule has 1 aliphatic carbocycles. The highest BCUT2D eigenvalue weighted by atomic mass is 16.5. The summed E-state index contributed by atoms with van der Waals surface area (Å²) in [6.07, 6.45) is 5.53. The van der Waals surface area contributed by atoms with E-state index in [2.05, 4.69) is 15.5 Å². The van der Waals surface area contributed by atoms with E-state index in [1.54, 1.807) is 0 Å². The van der Waals surface area contributed by atoms with Gasteiger partial charge in [0.25, 0.3) is 5.89 Å². The highest BCUT2D eigenvalue weighted by Gasteiger charge is 2.21. The average Bonchev–Trinajstić information content (AvgIpc) is 3.02. The zero-order valence-corrected chi connectivity index (χ0v) is 12.8. The molecule has 116 valence electrons. The van der Waals surface area contributed by atoms with Gasteiger partial charge in [-0.1, -0.05) is 42.1 Å². The number of aromatic nitrogens is 2. The summed E-state index contributed by atoms with van der Waals surface area (Å²) >= 11 is 0. The van der Waals surface area contributed by atoms with Crippen LogP contribution in [0.4, 0.5) is 0 Å². The number of hydrogen-bond donors (Lipinski definition) is 1. The molecule has 0 aliphatic heterocycles. The van der Waals surface area contributed by atoms with E-state index in [-0.39, 0.29) is 11.8 Å². The molecule has 1 N–H and O–H groups in total. The maximum absolute atomic E-state index is 12.1. The minimum Gasteiger partial charge on any atom is -0.348 e. The van der Waals surface area contributed by atoms with Gasteiger partial charge in [0.15, 0.2) is 5.82 Å². The third-order valence-corrected chi connectivity index (χ3v) is 4.13. The highest BCUT2D eigenvalue weighted by molar-refractivity contribution is 5.78. The van der Waals surface area contributed by atoms with Crippen LogP contribution in [0.25, 0.3) is 11.5 Å². The van der Waals surface area contributed by atoms with Crippen molar-refractivity contribution in [2.75, 3.05) is 0 Å². The van der Waals surface area contributed by atoms with E-state index < -0.39 is 0 Å². The Hall–Kier alpha value is -2.17. The van der Waals surface area contributed by atoms with Gasteiger partial charge < -0.3 is 9.84 Å². The second-order valence-corrected chi connectivity index (χ2v) is 5.94. The average molecular weight is 299 g/mol. The van der Waals surface area contributed by atoms with Crippen LogP contribution in [0.2, 0.25) is 0 Å². The van der Waals surface area contributed by atoms with Gasteiger partial charge in [0.1, 0.15) is 0 Å². The van der Waals surface area contributed by atoms with Crippen LogP contribution in [0.15, 0.2) is 28.8 Å². The Kier molecular flexibility index (Phi) is 4.51. The Morgan fingerprint density at radius 1 is 1.32 bits per heavy atom. The molecule has 1 heterocycles. The fourth-order valence-electron chi connectivity index (χ4n) is 2.90. The van der Waals surface area contributed by atoms with Gasteiger partial charge in [-0.2, -0.15) is 4.98 Å². The Morgan fingerprint density at radius 3 is 2.91 bits per heavy atom. The lowest BCUT2D eigenvalue weighted by molar-refractivity contribution is -0.126. The number of rotatable bonds is 4. The summed E-state index contributed by atoms with van der Waals surface area (Å²) in [4.78, 5) is 16.4. The number of benzene rings is 1. The molecule has 0 atom stereocenters. The van der Waals surface area contributed by atoms with Crippen molar-refractivity contribution >= 4 is 5.91 Å². The lowest BCUT2D eigenvalue weighted by Gasteiger charge is -2.20. The van der Waals surface area contributed by atoms with Crippen molar-refractivity contribution in [3.8, 4) is 11.5 Å². The van der Waals surface area contributed by atoms with Gasteiger partial charge >= 0.3 is 0 Å². The molecule has 1 fully saturated rings. The maximum Gasteiger partial charge on any atom is 0.257 e. The molecule has 2 aromatic rings. The SMILES string of the molecule is Cc1cccc(-c2nc(CNC(=O)C3CCCCC3)no2)c1. The molecule has 5 nitrogen and oxygen atoms in total. The number of nitrogens with zero attached hydrogens (tertiary/aromatic N) is 2. The molecule has 3 rings (SSSR count). The van der Waals surface area contributed by atoms with Crippen LogP contribution < -0.4 is 5.32 Å². The minimum atomic E-state index is 0.113. The van der Waals surface area contributed by atoms with Gasteiger partial charge in [-0.25, -0.2) is 0 Å². The van der Waals surface area contributed by atoms with Crippen LogP contribution in [-0.2, 0) is 11.3 Å². The first-order valence-electron chi connectivity index (χ1n) is 7.90. The summed E-state index contributed by atoms with van der Waals surface area (Å²) in [6, 6.07) is 7.91. The molecular weight excluding hydrogens is 278 g/mol. The molecule has 1 aromatic heterocycles. The molecule has 1 aromatic carbocycles. The zero-order valence-electron chi connectivity index (χ0n) is 12.8. The largest absolute Gasteiger partial charge is 0.348 e. The van der Waals surface area contributed by atoms with Crippen LogP contribution in [0, 0.1) is 12.8 Å². The number of aryl methyl sites for hydroxylation is 1. The molecule has 0 radical (unpaired) electrons. The van der Waals surface area contributed by atoms with E-state index in [0.717, 1.165) is 36.8 Å². The van der Waals surface area contributed by atoms with Crippen molar-refractivity contribution in [3.63, 3.8) is 0 Å². The quantitative estimate of drug-likeness (QED) is 0.941. The number of carbonyl (C=O) groups excluding carboxylic acids is 1.